The van der Waals surface area contributed by atoms with Crippen molar-refractivity contribution >= 4 is 12.4 Å². The molecule has 1 N–H and O–H groups in total. The maximum absolute atomic E-state index is 12.5. The standard InChI is InChI=1S/C17H25F2N3O2.ClH/c1-23-15-3-2-13(10-16(15)24-17(18)19)12-21-6-8-22(9-7-21)14-4-5-20-11-14;/h2-3,10,14,17,20H,4-9,11-12H2,1H3;1H. The largest absolute Gasteiger partial charge is 0.493 e. The lowest BCUT2D eigenvalue weighted by Crippen LogP contribution is -2.50. The number of nitrogens with one attached hydrogen (secondary N) is 1. The van der Waals surface area contributed by atoms with Gasteiger partial charge in [0.1, 0.15) is 0 Å². The zero-order valence-electron chi connectivity index (χ0n) is 14.4. The fourth-order valence-electron chi connectivity index (χ4n) is 3.50. The summed E-state index contributed by atoms with van der Waals surface area (Å²) in [5.74, 6) is 0.429. The lowest BCUT2D eigenvalue weighted by atomic mass is 10.1. The van der Waals surface area contributed by atoms with Gasteiger partial charge in [-0.2, -0.15) is 8.78 Å². The minimum Gasteiger partial charge on any atom is -0.493 e. The second-order valence-electron chi connectivity index (χ2n) is 6.32. The molecule has 2 saturated heterocycles. The summed E-state index contributed by atoms with van der Waals surface area (Å²) in [5.41, 5.74) is 0.961. The van der Waals surface area contributed by atoms with Gasteiger partial charge in [-0.05, 0) is 30.7 Å². The van der Waals surface area contributed by atoms with Crippen molar-refractivity contribution in [2.24, 2.45) is 0 Å². The molecule has 2 fully saturated rings. The molecule has 1 unspecified atom stereocenters. The van der Waals surface area contributed by atoms with Crippen LogP contribution >= 0.6 is 12.4 Å². The highest BCUT2D eigenvalue weighted by atomic mass is 35.5. The van der Waals surface area contributed by atoms with Crippen molar-refractivity contribution in [3.8, 4) is 11.5 Å². The summed E-state index contributed by atoms with van der Waals surface area (Å²) < 4.78 is 34.7. The Morgan fingerprint density at radius 3 is 2.56 bits per heavy atom. The van der Waals surface area contributed by atoms with E-state index in [0.29, 0.717) is 11.8 Å². The van der Waals surface area contributed by atoms with Crippen LogP contribution in [0.2, 0.25) is 0 Å². The number of hydrogen-bond donors (Lipinski definition) is 1. The van der Waals surface area contributed by atoms with Gasteiger partial charge in [-0.3, -0.25) is 9.80 Å². The van der Waals surface area contributed by atoms with Gasteiger partial charge in [-0.15, -0.1) is 12.4 Å². The Morgan fingerprint density at radius 1 is 1.20 bits per heavy atom. The number of methoxy groups -OCH3 is 1. The average Bonchev–Trinajstić information content (AvgIpc) is 3.10. The van der Waals surface area contributed by atoms with Gasteiger partial charge in [0, 0.05) is 45.3 Å². The second kappa shape index (κ2) is 9.52. The lowest BCUT2D eigenvalue weighted by molar-refractivity contribution is -0.0512. The summed E-state index contributed by atoms with van der Waals surface area (Å²) in [4.78, 5) is 4.91. The van der Waals surface area contributed by atoms with Crippen LogP contribution in [0.1, 0.15) is 12.0 Å². The number of benzene rings is 1. The lowest BCUT2D eigenvalue weighted by Gasteiger charge is -2.37. The summed E-state index contributed by atoms with van der Waals surface area (Å²) in [7, 11) is 1.45. The van der Waals surface area contributed by atoms with E-state index in [0.717, 1.165) is 51.4 Å². The second-order valence-corrected chi connectivity index (χ2v) is 6.32. The van der Waals surface area contributed by atoms with Crippen LogP contribution in [0.25, 0.3) is 0 Å². The van der Waals surface area contributed by atoms with E-state index in [9.17, 15) is 8.78 Å². The summed E-state index contributed by atoms with van der Waals surface area (Å²) >= 11 is 0. The summed E-state index contributed by atoms with van der Waals surface area (Å²) in [6, 6.07) is 5.91. The van der Waals surface area contributed by atoms with Crippen LogP contribution in [0.3, 0.4) is 0 Å². The van der Waals surface area contributed by atoms with Crippen LogP contribution in [0.15, 0.2) is 18.2 Å². The Labute approximate surface area is 153 Å². The molecule has 3 rings (SSSR count). The number of piperazine rings is 1. The Balaban J connectivity index is 0.00000225. The Kier molecular flexibility index (Phi) is 7.68. The molecule has 1 aromatic rings. The van der Waals surface area contributed by atoms with Crippen molar-refractivity contribution in [1.82, 2.24) is 15.1 Å². The molecule has 8 heteroatoms. The normalized spacial score (nSPS) is 22.0. The number of rotatable bonds is 6. The molecule has 0 radical (unpaired) electrons. The Hall–Kier alpha value is -1.15. The topological polar surface area (TPSA) is 37.0 Å². The summed E-state index contributed by atoms with van der Waals surface area (Å²) in [6.45, 7) is 4.20. The molecule has 2 heterocycles. The van der Waals surface area contributed by atoms with Crippen molar-refractivity contribution in [3.63, 3.8) is 0 Å². The van der Waals surface area contributed by atoms with Crippen molar-refractivity contribution in [1.29, 1.82) is 0 Å². The van der Waals surface area contributed by atoms with Crippen LogP contribution in [0.4, 0.5) is 8.78 Å². The molecular weight excluding hydrogens is 352 g/mol. The number of halogens is 3. The number of nitrogens with zero attached hydrogens (tertiary/aromatic N) is 2. The van der Waals surface area contributed by atoms with E-state index in [1.54, 1.807) is 12.1 Å². The van der Waals surface area contributed by atoms with Crippen molar-refractivity contribution < 1.29 is 18.3 Å². The third kappa shape index (κ3) is 5.41. The van der Waals surface area contributed by atoms with E-state index in [2.05, 4.69) is 19.9 Å². The monoisotopic (exact) mass is 377 g/mol. The predicted octanol–water partition coefficient (Wildman–Crippen LogP) is 2.20. The van der Waals surface area contributed by atoms with Gasteiger partial charge >= 0.3 is 6.61 Å². The Bertz CT molecular complexity index is 537. The molecule has 0 bridgehead atoms. The third-order valence-electron chi connectivity index (χ3n) is 4.81. The van der Waals surface area contributed by atoms with Crippen molar-refractivity contribution in [2.75, 3.05) is 46.4 Å². The van der Waals surface area contributed by atoms with Gasteiger partial charge in [0.2, 0.25) is 0 Å². The van der Waals surface area contributed by atoms with Crippen molar-refractivity contribution in [2.45, 2.75) is 25.6 Å². The van der Waals surface area contributed by atoms with Crippen LogP contribution in [-0.2, 0) is 6.54 Å². The van der Waals surface area contributed by atoms with Crippen LogP contribution in [0, 0.1) is 0 Å². The molecule has 0 saturated carbocycles. The molecule has 5 nitrogen and oxygen atoms in total. The number of hydrogen-bond acceptors (Lipinski definition) is 5. The zero-order chi connectivity index (χ0) is 16.9. The number of alkyl halides is 2. The number of ether oxygens (including phenoxy) is 2. The van der Waals surface area contributed by atoms with Gasteiger partial charge in [-0.25, -0.2) is 0 Å². The maximum atomic E-state index is 12.5. The molecule has 2 aliphatic rings. The van der Waals surface area contributed by atoms with Gasteiger partial charge in [0.15, 0.2) is 11.5 Å². The highest BCUT2D eigenvalue weighted by Gasteiger charge is 2.26. The zero-order valence-corrected chi connectivity index (χ0v) is 15.2. The van der Waals surface area contributed by atoms with Crippen LogP contribution in [0.5, 0.6) is 11.5 Å². The first-order chi connectivity index (χ1) is 11.7. The van der Waals surface area contributed by atoms with E-state index in [4.69, 9.17) is 4.74 Å². The molecule has 0 aliphatic carbocycles. The van der Waals surface area contributed by atoms with Crippen LogP contribution in [-0.4, -0.2) is 68.8 Å². The van der Waals surface area contributed by atoms with E-state index in [1.807, 2.05) is 6.07 Å². The molecule has 1 atom stereocenters. The third-order valence-corrected chi connectivity index (χ3v) is 4.81. The van der Waals surface area contributed by atoms with Gasteiger partial charge in [0.05, 0.1) is 7.11 Å². The Morgan fingerprint density at radius 2 is 1.96 bits per heavy atom. The molecular formula is C17H26ClF2N3O2. The fourth-order valence-corrected chi connectivity index (χ4v) is 3.50. The highest BCUT2D eigenvalue weighted by molar-refractivity contribution is 5.85. The molecule has 0 spiro atoms. The minimum absolute atomic E-state index is 0. The van der Waals surface area contributed by atoms with Crippen molar-refractivity contribution in [3.05, 3.63) is 23.8 Å². The highest BCUT2D eigenvalue weighted by Crippen LogP contribution is 2.30. The van der Waals surface area contributed by atoms with Gasteiger partial charge in [-0.1, -0.05) is 6.07 Å². The molecule has 25 heavy (non-hydrogen) atoms. The molecule has 142 valence electrons. The molecule has 1 aromatic carbocycles. The minimum atomic E-state index is -2.85. The van der Waals surface area contributed by atoms with E-state index in [1.165, 1.54) is 13.5 Å². The first-order valence-corrected chi connectivity index (χ1v) is 8.44. The van der Waals surface area contributed by atoms with Gasteiger partial charge < -0.3 is 14.8 Å². The van der Waals surface area contributed by atoms with Crippen LogP contribution < -0.4 is 14.8 Å². The molecule has 2 aliphatic heterocycles. The quantitative estimate of drug-likeness (QED) is 0.822. The van der Waals surface area contributed by atoms with Gasteiger partial charge in [0.25, 0.3) is 0 Å². The fraction of sp³-hybridized carbons (Fsp3) is 0.647. The smallest absolute Gasteiger partial charge is 0.387 e. The summed E-state index contributed by atoms with van der Waals surface area (Å²) in [5, 5.41) is 3.41. The van der Waals surface area contributed by atoms with E-state index < -0.39 is 6.61 Å². The first kappa shape index (κ1) is 20.2. The SMILES string of the molecule is COc1ccc(CN2CCN(C3CCNC3)CC2)cc1OC(F)F.Cl. The predicted molar refractivity (Wildman–Crippen MR) is 95.0 cm³/mol. The van der Waals surface area contributed by atoms with E-state index in [-0.39, 0.29) is 18.2 Å². The average molecular weight is 378 g/mol. The molecule has 0 amide bonds. The summed E-state index contributed by atoms with van der Waals surface area (Å²) in [6.07, 6.45) is 1.23. The molecule has 0 aromatic heterocycles. The maximum Gasteiger partial charge on any atom is 0.387 e. The van der Waals surface area contributed by atoms with E-state index >= 15 is 0 Å². The first-order valence-electron chi connectivity index (χ1n) is 8.44.